The zero-order chi connectivity index (χ0) is 21.6. The molecule has 2 atom stereocenters. The first-order valence-electron chi connectivity index (χ1n) is 9.25. The van der Waals surface area contributed by atoms with Crippen LogP contribution in [0.1, 0.15) is 37.8 Å². The number of nitrogens with zero attached hydrogens (tertiary/aromatic N) is 1. The number of benzene rings is 2. The van der Waals surface area contributed by atoms with E-state index in [-0.39, 0.29) is 6.42 Å². The summed E-state index contributed by atoms with van der Waals surface area (Å²) in [7, 11) is 0. The Balaban J connectivity index is 2.44. The van der Waals surface area contributed by atoms with Gasteiger partial charge in [0, 0.05) is 15.9 Å². The van der Waals surface area contributed by atoms with E-state index < -0.39 is 40.7 Å². The zero-order valence-corrected chi connectivity index (χ0v) is 17.4. The molecule has 2 aromatic carbocycles. The van der Waals surface area contributed by atoms with Crippen LogP contribution >= 0.6 is 11.6 Å². The molecule has 0 amide bonds. The molecule has 7 heteroatoms. The largest absolute Gasteiger partial charge is 0.454 e. The predicted molar refractivity (Wildman–Crippen MR) is 111 cm³/mol. The minimum Gasteiger partial charge on any atom is -0.454 e. The van der Waals surface area contributed by atoms with E-state index in [9.17, 15) is 19.7 Å². The van der Waals surface area contributed by atoms with Crippen LogP contribution in [0.5, 0.6) is 0 Å². The molecule has 0 aromatic heterocycles. The standard InChI is InChI=1S/C22H24ClNO5/c1-22(2,3)29-21(26)20(25)18(13-15-9-11-17(23)12-10-15)19(14-24(27)28)16-7-5-4-6-8-16/h4-12,18-19H,13-14H2,1-3H3/t18-,19+/m0/s1. The first-order chi connectivity index (χ1) is 13.6. The molecule has 0 saturated carbocycles. The molecule has 0 fully saturated rings. The van der Waals surface area contributed by atoms with E-state index in [4.69, 9.17) is 16.3 Å². The van der Waals surface area contributed by atoms with E-state index >= 15 is 0 Å². The third-order valence-corrected chi connectivity index (χ3v) is 4.62. The van der Waals surface area contributed by atoms with Gasteiger partial charge in [-0.1, -0.05) is 54.1 Å². The molecule has 0 aliphatic carbocycles. The predicted octanol–water partition coefficient (Wildman–Crippen LogP) is 4.47. The van der Waals surface area contributed by atoms with Gasteiger partial charge in [0.2, 0.25) is 12.3 Å². The second-order valence-corrected chi connectivity index (χ2v) is 8.27. The monoisotopic (exact) mass is 417 g/mol. The van der Waals surface area contributed by atoms with Crippen molar-refractivity contribution in [2.75, 3.05) is 6.54 Å². The van der Waals surface area contributed by atoms with Crippen molar-refractivity contribution in [2.24, 2.45) is 5.92 Å². The SMILES string of the molecule is CC(C)(C)OC(=O)C(=O)[C@@H](Cc1ccc(Cl)cc1)[C@H](C[N+](=O)[O-])c1ccccc1. The van der Waals surface area contributed by atoms with Gasteiger partial charge < -0.3 is 4.74 Å². The maximum atomic E-state index is 13.1. The van der Waals surface area contributed by atoms with Crippen molar-refractivity contribution in [3.63, 3.8) is 0 Å². The molecule has 0 heterocycles. The van der Waals surface area contributed by atoms with Gasteiger partial charge >= 0.3 is 5.97 Å². The van der Waals surface area contributed by atoms with Crippen LogP contribution in [0.25, 0.3) is 0 Å². The van der Waals surface area contributed by atoms with Gasteiger partial charge in [-0.25, -0.2) is 4.79 Å². The van der Waals surface area contributed by atoms with Crippen molar-refractivity contribution < 1.29 is 19.2 Å². The molecule has 0 N–H and O–H groups in total. The number of Topliss-reactive ketones (excluding diaryl/α,β-unsaturated/α-hetero) is 1. The summed E-state index contributed by atoms with van der Waals surface area (Å²) >= 11 is 5.93. The number of rotatable bonds is 8. The highest BCUT2D eigenvalue weighted by molar-refractivity contribution is 6.34. The number of esters is 1. The first kappa shape index (κ1) is 22.6. The number of hydrogen-bond donors (Lipinski definition) is 0. The van der Waals surface area contributed by atoms with Crippen LogP contribution in [0.4, 0.5) is 0 Å². The summed E-state index contributed by atoms with van der Waals surface area (Å²) in [5.41, 5.74) is 0.531. The van der Waals surface area contributed by atoms with Crippen LogP contribution in [0.15, 0.2) is 54.6 Å². The Kier molecular flexibility index (Phi) is 7.51. The smallest absolute Gasteiger partial charge is 0.375 e. The van der Waals surface area contributed by atoms with Gasteiger partial charge in [-0.05, 0) is 50.5 Å². The number of hydrogen-bond acceptors (Lipinski definition) is 5. The Morgan fingerprint density at radius 3 is 2.17 bits per heavy atom. The summed E-state index contributed by atoms with van der Waals surface area (Å²) in [6, 6.07) is 15.6. The molecule has 0 aliphatic heterocycles. The minimum absolute atomic E-state index is 0.155. The van der Waals surface area contributed by atoms with Gasteiger partial charge in [0.05, 0.1) is 5.92 Å². The van der Waals surface area contributed by atoms with Gasteiger partial charge in [0.15, 0.2) is 0 Å². The molecular weight excluding hydrogens is 394 g/mol. The molecule has 0 spiro atoms. The van der Waals surface area contributed by atoms with Crippen molar-refractivity contribution in [3.05, 3.63) is 80.9 Å². The van der Waals surface area contributed by atoms with Gasteiger partial charge in [0.25, 0.3) is 0 Å². The van der Waals surface area contributed by atoms with E-state index in [1.54, 1.807) is 75.4 Å². The topological polar surface area (TPSA) is 86.5 Å². The summed E-state index contributed by atoms with van der Waals surface area (Å²) in [4.78, 5) is 36.5. The lowest BCUT2D eigenvalue weighted by Gasteiger charge is -2.25. The number of carbonyl (C=O) groups excluding carboxylic acids is 2. The zero-order valence-electron chi connectivity index (χ0n) is 16.6. The van der Waals surface area contributed by atoms with E-state index in [1.807, 2.05) is 0 Å². The van der Waals surface area contributed by atoms with Crippen LogP contribution in [0.3, 0.4) is 0 Å². The quantitative estimate of drug-likeness (QED) is 0.274. The lowest BCUT2D eigenvalue weighted by Crippen LogP contribution is -2.37. The van der Waals surface area contributed by atoms with Crippen molar-refractivity contribution in [1.29, 1.82) is 0 Å². The normalized spacial score (nSPS) is 13.4. The molecule has 2 rings (SSSR count). The molecule has 154 valence electrons. The maximum absolute atomic E-state index is 13.1. The molecule has 0 unspecified atom stereocenters. The van der Waals surface area contributed by atoms with Gasteiger partial charge in [-0.15, -0.1) is 0 Å². The lowest BCUT2D eigenvalue weighted by atomic mass is 9.79. The van der Waals surface area contributed by atoms with Gasteiger partial charge in [0.1, 0.15) is 5.60 Å². The Labute approximate surface area is 175 Å². The van der Waals surface area contributed by atoms with Crippen molar-refractivity contribution in [1.82, 2.24) is 0 Å². The molecule has 29 heavy (non-hydrogen) atoms. The summed E-state index contributed by atoms with van der Waals surface area (Å²) in [6.07, 6.45) is 0.155. The van der Waals surface area contributed by atoms with E-state index in [2.05, 4.69) is 0 Å². The summed E-state index contributed by atoms with van der Waals surface area (Å²) in [6.45, 7) is 4.52. The second-order valence-electron chi connectivity index (χ2n) is 7.84. The first-order valence-corrected chi connectivity index (χ1v) is 9.63. The van der Waals surface area contributed by atoms with E-state index in [0.29, 0.717) is 10.6 Å². The van der Waals surface area contributed by atoms with Crippen LogP contribution in [0, 0.1) is 16.0 Å². The highest BCUT2D eigenvalue weighted by Gasteiger charge is 2.38. The Bertz CT molecular complexity index is 859. The van der Waals surface area contributed by atoms with Gasteiger partial charge in [-0.2, -0.15) is 0 Å². The third-order valence-electron chi connectivity index (χ3n) is 4.36. The van der Waals surface area contributed by atoms with Crippen LogP contribution in [-0.4, -0.2) is 28.8 Å². The molecule has 0 aliphatic rings. The number of ether oxygens (including phenoxy) is 1. The summed E-state index contributed by atoms with van der Waals surface area (Å²) in [5.74, 6) is -3.48. The molecule has 6 nitrogen and oxygen atoms in total. The third kappa shape index (κ3) is 6.98. The lowest BCUT2D eigenvalue weighted by molar-refractivity contribution is -0.484. The number of ketones is 1. The molecule has 2 aromatic rings. The summed E-state index contributed by atoms with van der Waals surface area (Å²) < 4.78 is 5.25. The molecule has 0 radical (unpaired) electrons. The average Bonchev–Trinajstić information content (AvgIpc) is 2.64. The van der Waals surface area contributed by atoms with Crippen molar-refractivity contribution in [2.45, 2.75) is 38.7 Å². The van der Waals surface area contributed by atoms with Gasteiger partial charge in [-0.3, -0.25) is 14.9 Å². The summed E-state index contributed by atoms with van der Waals surface area (Å²) in [5, 5.41) is 11.9. The maximum Gasteiger partial charge on any atom is 0.375 e. The Hall–Kier alpha value is -2.73. The average molecular weight is 418 g/mol. The molecular formula is C22H24ClNO5. The molecule has 0 saturated heterocycles. The fourth-order valence-corrected chi connectivity index (χ4v) is 3.22. The fourth-order valence-electron chi connectivity index (χ4n) is 3.10. The van der Waals surface area contributed by atoms with Crippen molar-refractivity contribution in [3.8, 4) is 0 Å². The fraction of sp³-hybridized carbons (Fsp3) is 0.364. The Morgan fingerprint density at radius 1 is 1.07 bits per heavy atom. The van der Waals surface area contributed by atoms with Crippen molar-refractivity contribution >= 4 is 23.4 Å². The molecule has 0 bridgehead atoms. The van der Waals surface area contributed by atoms with Crippen LogP contribution in [-0.2, 0) is 20.7 Å². The van der Waals surface area contributed by atoms with E-state index in [0.717, 1.165) is 5.56 Å². The van der Waals surface area contributed by atoms with E-state index in [1.165, 1.54) is 0 Å². The highest BCUT2D eigenvalue weighted by atomic mass is 35.5. The minimum atomic E-state index is -0.985. The van der Waals surface area contributed by atoms with Crippen LogP contribution in [0.2, 0.25) is 5.02 Å². The van der Waals surface area contributed by atoms with Crippen LogP contribution < -0.4 is 0 Å². The number of carbonyl (C=O) groups is 2. The number of halogens is 1. The Morgan fingerprint density at radius 2 is 1.66 bits per heavy atom. The highest BCUT2D eigenvalue weighted by Crippen LogP contribution is 2.30. The number of nitro groups is 1. The second kappa shape index (κ2) is 9.65.